The zero-order valence-corrected chi connectivity index (χ0v) is 11.5. The molecule has 0 bridgehead atoms. The Morgan fingerprint density at radius 1 is 1.26 bits per heavy atom. The van der Waals surface area contributed by atoms with Crippen LogP contribution in [0.4, 0.5) is 4.39 Å². The summed E-state index contributed by atoms with van der Waals surface area (Å²) in [6.07, 6.45) is 2.45. The predicted octanol–water partition coefficient (Wildman–Crippen LogP) is 2.76. The summed E-state index contributed by atoms with van der Waals surface area (Å²) in [5.41, 5.74) is 0.281. The highest BCUT2D eigenvalue weighted by molar-refractivity contribution is 7.93. The molecule has 1 aromatic rings. The zero-order chi connectivity index (χ0) is 14.1. The van der Waals surface area contributed by atoms with Gasteiger partial charge in [-0.25, -0.2) is 12.8 Å². The highest BCUT2D eigenvalue weighted by Gasteiger charge is 2.46. The summed E-state index contributed by atoms with van der Waals surface area (Å²) in [5, 5.41) is 12.2. The van der Waals surface area contributed by atoms with Crippen molar-refractivity contribution in [1.29, 1.82) is 0 Å². The van der Waals surface area contributed by atoms with Gasteiger partial charge in [-0.15, -0.1) is 0 Å². The van der Waals surface area contributed by atoms with E-state index in [-0.39, 0.29) is 10.6 Å². The first-order chi connectivity index (χ1) is 8.91. The van der Waals surface area contributed by atoms with Gasteiger partial charge in [-0.1, -0.05) is 11.6 Å². The van der Waals surface area contributed by atoms with Crippen LogP contribution >= 0.6 is 0 Å². The van der Waals surface area contributed by atoms with Crippen molar-refractivity contribution in [2.75, 3.05) is 0 Å². The number of nitrogens with zero attached hydrogens (tertiary/aromatic N) is 1. The van der Waals surface area contributed by atoms with E-state index >= 15 is 0 Å². The standard InChI is InChI=1S/C13H16FNO3S/c1-13(9-3-2-4-12(13)15-16)19(17,18)11-7-5-10(14)6-8-11/h5-8,16H,2-4,9H2,1H3. The molecule has 4 nitrogen and oxygen atoms in total. The van der Waals surface area contributed by atoms with Crippen LogP contribution in [0.25, 0.3) is 0 Å². The minimum absolute atomic E-state index is 0.0550. The van der Waals surface area contributed by atoms with Crippen molar-refractivity contribution < 1.29 is 18.0 Å². The van der Waals surface area contributed by atoms with Crippen LogP contribution in [0.5, 0.6) is 0 Å². The SMILES string of the molecule is CC1(S(=O)(=O)c2ccc(F)cc2)CCCCC1=NO. The lowest BCUT2D eigenvalue weighted by Gasteiger charge is -2.33. The average molecular weight is 285 g/mol. The molecule has 1 aliphatic rings. The third kappa shape index (κ3) is 2.25. The minimum Gasteiger partial charge on any atom is -0.411 e. The van der Waals surface area contributed by atoms with Crippen molar-refractivity contribution in [2.45, 2.75) is 42.2 Å². The fourth-order valence-corrected chi connectivity index (χ4v) is 4.36. The van der Waals surface area contributed by atoms with Crippen LogP contribution in [0.15, 0.2) is 34.3 Å². The van der Waals surface area contributed by atoms with Crippen molar-refractivity contribution >= 4 is 15.5 Å². The highest BCUT2D eigenvalue weighted by atomic mass is 32.2. The molecule has 1 atom stereocenters. The molecule has 1 aromatic carbocycles. The number of sulfone groups is 1. The quantitative estimate of drug-likeness (QED) is 0.516. The number of hydrogen-bond donors (Lipinski definition) is 1. The van der Waals surface area contributed by atoms with E-state index in [9.17, 15) is 12.8 Å². The van der Waals surface area contributed by atoms with Gasteiger partial charge in [-0.2, -0.15) is 0 Å². The van der Waals surface area contributed by atoms with Crippen molar-refractivity contribution in [2.24, 2.45) is 5.16 Å². The molecule has 1 unspecified atom stereocenters. The molecular weight excluding hydrogens is 269 g/mol. The molecule has 1 saturated carbocycles. The minimum atomic E-state index is -3.70. The number of rotatable bonds is 2. The number of hydrogen-bond acceptors (Lipinski definition) is 4. The van der Waals surface area contributed by atoms with Crippen LogP contribution in [0, 0.1) is 5.82 Å². The van der Waals surface area contributed by atoms with Gasteiger partial charge in [-0.3, -0.25) is 0 Å². The van der Waals surface area contributed by atoms with Crippen molar-refractivity contribution in [1.82, 2.24) is 0 Å². The topological polar surface area (TPSA) is 66.7 Å². The van der Waals surface area contributed by atoms with Crippen LogP contribution in [0.1, 0.15) is 32.6 Å². The van der Waals surface area contributed by atoms with E-state index < -0.39 is 20.4 Å². The first kappa shape index (κ1) is 14.0. The molecule has 0 heterocycles. The summed E-state index contributed by atoms with van der Waals surface area (Å²) in [6.45, 7) is 1.57. The first-order valence-corrected chi connectivity index (χ1v) is 7.62. The number of halogens is 1. The van der Waals surface area contributed by atoms with Gasteiger partial charge in [0.25, 0.3) is 0 Å². The maximum Gasteiger partial charge on any atom is 0.189 e. The molecule has 0 radical (unpaired) electrons. The van der Waals surface area contributed by atoms with Gasteiger partial charge in [0.2, 0.25) is 0 Å². The lowest BCUT2D eigenvalue weighted by molar-refractivity contribution is 0.311. The third-order valence-corrected chi connectivity index (χ3v) is 6.28. The van der Waals surface area contributed by atoms with Crippen LogP contribution < -0.4 is 0 Å². The second-order valence-corrected chi connectivity index (χ2v) is 7.32. The number of benzene rings is 1. The molecule has 2 rings (SSSR count). The molecule has 1 fully saturated rings. The summed E-state index contributed by atoms with van der Waals surface area (Å²) in [4.78, 5) is 0.0550. The molecular formula is C13H16FNO3S. The predicted molar refractivity (Wildman–Crippen MR) is 69.7 cm³/mol. The fourth-order valence-electron chi connectivity index (χ4n) is 2.48. The van der Waals surface area contributed by atoms with E-state index in [1.54, 1.807) is 6.92 Å². The van der Waals surface area contributed by atoms with Gasteiger partial charge in [0.15, 0.2) is 9.84 Å². The van der Waals surface area contributed by atoms with Crippen molar-refractivity contribution in [3.05, 3.63) is 30.1 Å². The number of oxime groups is 1. The van der Waals surface area contributed by atoms with Gasteiger partial charge < -0.3 is 5.21 Å². The summed E-state index contributed by atoms with van der Waals surface area (Å²) < 4.78 is 37.0. The highest BCUT2D eigenvalue weighted by Crippen LogP contribution is 2.36. The molecule has 0 spiro atoms. The van der Waals surface area contributed by atoms with E-state index in [1.165, 1.54) is 12.1 Å². The van der Waals surface area contributed by atoms with E-state index in [4.69, 9.17) is 5.21 Å². The van der Waals surface area contributed by atoms with Crippen LogP contribution in [-0.4, -0.2) is 24.1 Å². The summed E-state index contributed by atoms with van der Waals surface area (Å²) in [7, 11) is -3.70. The monoisotopic (exact) mass is 285 g/mol. The van der Waals surface area contributed by atoms with Crippen LogP contribution in [0.2, 0.25) is 0 Å². The van der Waals surface area contributed by atoms with Gasteiger partial charge in [-0.05, 0) is 50.5 Å². The second-order valence-electron chi connectivity index (χ2n) is 4.94. The zero-order valence-electron chi connectivity index (χ0n) is 10.6. The van der Waals surface area contributed by atoms with Gasteiger partial charge in [0, 0.05) is 0 Å². The Kier molecular flexibility index (Phi) is 3.62. The normalized spacial score (nSPS) is 26.5. The largest absolute Gasteiger partial charge is 0.411 e. The Labute approximate surface area is 111 Å². The Morgan fingerprint density at radius 3 is 2.47 bits per heavy atom. The van der Waals surface area contributed by atoms with Gasteiger partial charge >= 0.3 is 0 Å². The molecule has 104 valence electrons. The van der Waals surface area contributed by atoms with E-state index in [0.29, 0.717) is 12.8 Å². The molecule has 0 aliphatic heterocycles. The van der Waals surface area contributed by atoms with Crippen molar-refractivity contribution in [3.8, 4) is 0 Å². The maximum atomic E-state index is 12.9. The lowest BCUT2D eigenvalue weighted by atomic mass is 9.88. The Bertz CT molecular complexity index is 595. The molecule has 1 N–H and O–H groups in total. The lowest BCUT2D eigenvalue weighted by Crippen LogP contribution is -2.45. The summed E-state index contributed by atoms with van der Waals surface area (Å²) >= 11 is 0. The Morgan fingerprint density at radius 2 is 1.89 bits per heavy atom. The smallest absolute Gasteiger partial charge is 0.189 e. The molecule has 0 saturated heterocycles. The molecule has 19 heavy (non-hydrogen) atoms. The third-order valence-electron chi connectivity index (χ3n) is 3.77. The van der Waals surface area contributed by atoms with E-state index in [0.717, 1.165) is 25.0 Å². The molecule has 0 amide bonds. The average Bonchev–Trinajstić information content (AvgIpc) is 2.39. The summed E-state index contributed by atoms with van der Waals surface area (Å²) in [6, 6.07) is 4.74. The second kappa shape index (κ2) is 4.92. The van der Waals surface area contributed by atoms with Crippen LogP contribution in [-0.2, 0) is 9.84 Å². The van der Waals surface area contributed by atoms with Crippen molar-refractivity contribution in [3.63, 3.8) is 0 Å². The molecule has 6 heteroatoms. The van der Waals surface area contributed by atoms with Crippen LogP contribution in [0.3, 0.4) is 0 Å². The Hall–Kier alpha value is -1.43. The summed E-state index contributed by atoms with van der Waals surface area (Å²) in [5.74, 6) is -0.483. The van der Waals surface area contributed by atoms with E-state index in [2.05, 4.69) is 5.16 Å². The molecule has 0 aromatic heterocycles. The van der Waals surface area contributed by atoms with E-state index in [1.807, 2.05) is 0 Å². The van der Waals surface area contributed by atoms with Gasteiger partial charge in [0.1, 0.15) is 10.6 Å². The first-order valence-electron chi connectivity index (χ1n) is 6.13. The molecule has 1 aliphatic carbocycles. The fraction of sp³-hybridized carbons (Fsp3) is 0.462. The maximum absolute atomic E-state index is 12.9. The van der Waals surface area contributed by atoms with Gasteiger partial charge in [0.05, 0.1) is 10.6 Å². The Balaban J connectivity index is 2.51.